The van der Waals surface area contributed by atoms with Crippen LogP contribution in [0.2, 0.25) is 5.02 Å². The van der Waals surface area contributed by atoms with E-state index in [1.807, 2.05) is 0 Å². The van der Waals surface area contributed by atoms with Crippen molar-refractivity contribution in [3.8, 4) is 5.75 Å². The highest BCUT2D eigenvalue weighted by molar-refractivity contribution is 6.32. The summed E-state index contributed by atoms with van der Waals surface area (Å²) < 4.78 is 5.03. The fraction of sp³-hybridized carbons (Fsp3) is 0.364. The van der Waals surface area contributed by atoms with Crippen LogP contribution in [0.5, 0.6) is 5.75 Å². The zero-order valence-corrected chi connectivity index (χ0v) is 10.1. The fourth-order valence-corrected chi connectivity index (χ4v) is 1.55. The van der Waals surface area contributed by atoms with Crippen molar-refractivity contribution < 1.29 is 9.53 Å². The molecular weight excluding hydrogens is 228 g/mol. The molecule has 0 fully saturated rings. The lowest BCUT2D eigenvalue weighted by atomic mass is 10.2. The van der Waals surface area contributed by atoms with Gasteiger partial charge in [-0.2, -0.15) is 0 Å². The number of methoxy groups -OCH3 is 1. The number of carbonyl (C=O) groups is 1. The maximum absolute atomic E-state index is 11.6. The molecule has 0 spiro atoms. The van der Waals surface area contributed by atoms with Crippen molar-refractivity contribution in [1.82, 2.24) is 0 Å². The smallest absolute Gasteiger partial charge is 0.227 e. The van der Waals surface area contributed by atoms with Crippen LogP contribution in [-0.4, -0.2) is 26.6 Å². The fourth-order valence-electron chi connectivity index (χ4n) is 1.30. The molecule has 0 aromatic heterocycles. The Hall–Kier alpha value is -1.26. The van der Waals surface area contributed by atoms with Crippen molar-refractivity contribution in [2.45, 2.75) is 6.42 Å². The number of nitrogens with zero attached hydrogens (tertiary/aromatic N) is 1. The number of benzene rings is 1. The van der Waals surface area contributed by atoms with E-state index in [2.05, 4.69) is 0 Å². The molecule has 0 aliphatic carbocycles. The number of carbonyl (C=O) groups excluding carboxylic acids is 1. The van der Waals surface area contributed by atoms with E-state index in [0.717, 1.165) is 5.69 Å². The van der Waals surface area contributed by atoms with Gasteiger partial charge in [-0.3, -0.25) is 4.79 Å². The first-order valence-corrected chi connectivity index (χ1v) is 5.28. The topological polar surface area (TPSA) is 55.6 Å². The van der Waals surface area contributed by atoms with E-state index in [-0.39, 0.29) is 5.91 Å². The monoisotopic (exact) mass is 242 g/mol. The molecule has 0 atom stereocenters. The molecule has 16 heavy (non-hydrogen) atoms. The van der Waals surface area contributed by atoms with Crippen LogP contribution in [0.1, 0.15) is 6.42 Å². The molecule has 2 N–H and O–H groups in total. The molecule has 0 bridgehead atoms. The van der Waals surface area contributed by atoms with Crippen LogP contribution >= 0.6 is 11.6 Å². The minimum atomic E-state index is -0.0382. The van der Waals surface area contributed by atoms with Crippen molar-refractivity contribution in [2.75, 3.05) is 25.6 Å². The third-order valence-electron chi connectivity index (χ3n) is 2.25. The van der Waals surface area contributed by atoms with E-state index in [4.69, 9.17) is 22.1 Å². The molecule has 0 aliphatic rings. The van der Waals surface area contributed by atoms with E-state index in [1.165, 1.54) is 4.90 Å². The lowest BCUT2D eigenvalue weighted by Crippen LogP contribution is -2.28. The van der Waals surface area contributed by atoms with Crippen LogP contribution in [0, 0.1) is 0 Å². The third kappa shape index (κ3) is 2.87. The molecule has 1 aromatic carbocycles. The predicted octanol–water partition coefficient (Wildman–Crippen LogP) is 1.66. The van der Waals surface area contributed by atoms with Gasteiger partial charge in [0.25, 0.3) is 0 Å². The second-order valence-corrected chi connectivity index (χ2v) is 3.72. The normalized spacial score (nSPS) is 10.0. The maximum Gasteiger partial charge on any atom is 0.227 e. The SMILES string of the molecule is COc1ccc(N(C)C(=O)CCN)cc1Cl. The molecule has 0 saturated carbocycles. The molecule has 5 heteroatoms. The van der Waals surface area contributed by atoms with Crippen LogP contribution in [0.25, 0.3) is 0 Å². The summed E-state index contributed by atoms with van der Waals surface area (Å²) in [6.07, 6.45) is 0.320. The Morgan fingerprint density at radius 1 is 1.56 bits per heavy atom. The van der Waals surface area contributed by atoms with E-state index in [1.54, 1.807) is 32.4 Å². The molecule has 1 amide bonds. The van der Waals surface area contributed by atoms with Gasteiger partial charge in [-0.1, -0.05) is 11.6 Å². The molecule has 1 rings (SSSR count). The molecule has 1 aromatic rings. The first kappa shape index (κ1) is 12.8. The molecular formula is C11H15ClN2O2. The molecule has 0 aliphatic heterocycles. The quantitative estimate of drug-likeness (QED) is 0.874. The second kappa shape index (κ2) is 5.72. The van der Waals surface area contributed by atoms with Gasteiger partial charge in [0.15, 0.2) is 0 Å². The Morgan fingerprint density at radius 2 is 2.25 bits per heavy atom. The maximum atomic E-state index is 11.6. The third-order valence-corrected chi connectivity index (χ3v) is 2.55. The lowest BCUT2D eigenvalue weighted by Gasteiger charge is -2.17. The number of nitrogens with two attached hydrogens (primary N) is 1. The Morgan fingerprint density at radius 3 is 2.75 bits per heavy atom. The zero-order valence-electron chi connectivity index (χ0n) is 9.37. The number of rotatable bonds is 4. The highest BCUT2D eigenvalue weighted by Crippen LogP contribution is 2.28. The lowest BCUT2D eigenvalue weighted by molar-refractivity contribution is -0.118. The Bertz CT molecular complexity index is 382. The highest BCUT2D eigenvalue weighted by atomic mass is 35.5. The van der Waals surface area contributed by atoms with E-state index in [0.29, 0.717) is 23.7 Å². The van der Waals surface area contributed by atoms with Crippen LogP contribution < -0.4 is 15.4 Å². The van der Waals surface area contributed by atoms with Crippen molar-refractivity contribution in [2.24, 2.45) is 5.73 Å². The zero-order chi connectivity index (χ0) is 12.1. The van der Waals surface area contributed by atoms with Crippen LogP contribution in [0.15, 0.2) is 18.2 Å². The number of ether oxygens (including phenoxy) is 1. The average Bonchev–Trinajstić information content (AvgIpc) is 2.28. The highest BCUT2D eigenvalue weighted by Gasteiger charge is 2.11. The summed E-state index contributed by atoms with van der Waals surface area (Å²) in [5, 5.41) is 0.479. The second-order valence-electron chi connectivity index (χ2n) is 3.31. The summed E-state index contributed by atoms with van der Waals surface area (Å²) in [6.45, 7) is 0.340. The van der Waals surface area contributed by atoms with Crippen LogP contribution in [0.4, 0.5) is 5.69 Å². The van der Waals surface area contributed by atoms with Crippen molar-refractivity contribution >= 4 is 23.2 Å². The molecule has 4 nitrogen and oxygen atoms in total. The molecule has 88 valence electrons. The van der Waals surface area contributed by atoms with Crippen molar-refractivity contribution in [3.05, 3.63) is 23.2 Å². The first-order valence-electron chi connectivity index (χ1n) is 4.90. The number of halogens is 1. The van der Waals surface area contributed by atoms with E-state index < -0.39 is 0 Å². The van der Waals surface area contributed by atoms with Crippen molar-refractivity contribution in [1.29, 1.82) is 0 Å². The van der Waals surface area contributed by atoms with Gasteiger partial charge in [0.05, 0.1) is 12.1 Å². The summed E-state index contributed by atoms with van der Waals surface area (Å²) >= 11 is 5.97. The summed E-state index contributed by atoms with van der Waals surface area (Å²) in [7, 11) is 3.24. The first-order chi connectivity index (χ1) is 7.60. The molecule has 0 radical (unpaired) electrons. The Labute approximate surface area is 99.9 Å². The largest absolute Gasteiger partial charge is 0.495 e. The predicted molar refractivity (Wildman–Crippen MR) is 65.1 cm³/mol. The van der Waals surface area contributed by atoms with E-state index >= 15 is 0 Å². The molecule has 0 saturated heterocycles. The van der Waals surface area contributed by atoms with Gasteiger partial charge in [0.1, 0.15) is 5.75 Å². The van der Waals surface area contributed by atoms with Gasteiger partial charge in [-0.15, -0.1) is 0 Å². The van der Waals surface area contributed by atoms with Gasteiger partial charge in [-0.25, -0.2) is 0 Å². The van der Waals surface area contributed by atoms with Gasteiger partial charge >= 0.3 is 0 Å². The number of hydrogen-bond donors (Lipinski definition) is 1. The van der Waals surface area contributed by atoms with Gasteiger partial charge in [-0.05, 0) is 18.2 Å². The van der Waals surface area contributed by atoms with Crippen LogP contribution in [-0.2, 0) is 4.79 Å². The Balaban J connectivity index is 2.88. The number of hydrogen-bond acceptors (Lipinski definition) is 3. The summed E-state index contributed by atoms with van der Waals surface area (Å²) in [4.78, 5) is 13.1. The minimum absolute atomic E-state index is 0.0382. The van der Waals surface area contributed by atoms with E-state index in [9.17, 15) is 4.79 Å². The van der Waals surface area contributed by atoms with Gasteiger partial charge < -0.3 is 15.4 Å². The molecule has 0 unspecified atom stereocenters. The summed E-state index contributed by atoms with van der Waals surface area (Å²) in [6, 6.07) is 5.19. The van der Waals surface area contributed by atoms with Crippen molar-refractivity contribution in [3.63, 3.8) is 0 Å². The minimum Gasteiger partial charge on any atom is -0.495 e. The standard InChI is InChI=1S/C11H15ClN2O2/c1-14(11(15)5-6-13)8-3-4-10(16-2)9(12)7-8/h3-4,7H,5-6,13H2,1-2H3. The number of anilines is 1. The van der Waals surface area contributed by atoms with Crippen LogP contribution in [0.3, 0.4) is 0 Å². The average molecular weight is 243 g/mol. The summed E-state index contributed by atoms with van der Waals surface area (Å²) in [5.74, 6) is 0.550. The van der Waals surface area contributed by atoms with Gasteiger partial charge in [0, 0.05) is 25.7 Å². The molecule has 0 heterocycles. The summed E-state index contributed by atoms with van der Waals surface area (Å²) in [5.41, 5.74) is 6.05. The Kier molecular flexibility index (Phi) is 4.58. The van der Waals surface area contributed by atoms with Gasteiger partial charge in [0.2, 0.25) is 5.91 Å². The number of amides is 1.